The smallest absolute Gasteiger partial charge is 0.269 e. The number of non-ortho nitro benzene ring substituents is 1. The Morgan fingerprint density at radius 3 is 2.36 bits per heavy atom. The number of aliphatic hydroxyl groups is 1. The van der Waals surface area contributed by atoms with Gasteiger partial charge in [-0.05, 0) is 49.1 Å². The highest BCUT2D eigenvalue weighted by atomic mass is 16.6. The minimum Gasteiger partial charge on any atom is -0.491 e. The lowest BCUT2D eigenvalue weighted by Crippen LogP contribution is -2.48. The Morgan fingerprint density at radius 2 is 1.79 bits per heavy atom. The molecule has 1 heterocycles. The first kappa shape index (κ1) is 19.8. The van der Waals surface area contributed by atoms with Crippen molar-refractivity contribution in [1.82, 2.24) is 4.90 Å². The van der Waals surface area contributed by atoms with Crippen LogP contribution in [0.15, 0.2) is 48.5 Å². The number of hydrogen-bond acceptors (Lipinski definition) is 6. The lowest BCUT2D eigenvalue weighted by atomic mass is 9.92. The lowest BCUT2D eigenvalue weighted by molar-refractivity contribution is -0.384. The third-order valence-corrected chi connectivity index (χ3v) is 5.14. The Balaban J connectivity index is 1.43. The number of benzene rings is 2. The van der Waals surface area contributed by atoms with E-state index in [2.05, 4.69) is 11.0 Å². The molecule has 1 aliphatic heterocycles. The van der Waals surface area contributed by atoms with Crippen molar-refractivity contribution < 1.29 is 14.8 Å². The molecule has 0 unspecified atom stereocenters. The van der Waals surface area contributed by atoms with E-state index in [9.17, 15) is 15.2 Å². The molecule has 7 heteroatoms. The highest BCUT2D eigenvalue weighted by Gasteiger charge is 2.33. The summed E-state index contributed by atoms with van der Waals surface area (Å²) in [7, 11) is 0. The summed E-state index contributed by atoms with van der Waals surface area (Å²) in [4.78, 5) is 12.5. The van der Waals surface area contributed by atoms with Gasteiger partial charge in [-0.2, -0.15) is 5.26 Å². The molecule has 3 rings (SSSR count). The summed E-state index contributed by atoms with van der Waals surface area (Å²) in [5.41, 5.74) is 0.995. The largest absolute Gasteiger partial charge is 0.491 e. The van der Waals surface area contributed by atoms with Crippen molar-refractivity contribution in [2.45, 2.75) is 24.9 Å². The standard InChI is InChI=1S/C21H23N3O4/c22-15-18-3-1-17(2-4-18)9-12-23-13-10-21(25,11-14-23)16-28-20-7-5-19(6-8-20)24(26)27/h1-8,25H,9-14,16H2. The summed E-state index contributed by atoms with van der Waals surface area (Å²) >= 11 is 0. The van der Waals surface area contributed by atoms with E-state index in [1.807, 2.05) is 24.3 Å². The van der Waals surface area contributed by atoms with Crippen LogP contribution in [0.25, 0.3) is 0 Å². The van der Waals surface area contributed by atoms with Crippen LogP contribution >= 0.6 is 0 Å². The van der Waals surface area contributed by atoms with Gasteiger partial charge in [-0.1, -0.05) is 12.1 Å². The van der Waals surface area contributed by atoms with E-state index < -0.39 is 10.5 Å². The van der Waals surface area contributed by atoms with Gasteiger partial charge in [-0.3, -0.25) is 10.1 Å². The number of piperidine rings is 1. The van der Waals surface area contributed by atoms with Crippen LogP contribution in [-0.2, 0) is 6.42 Å². The summed E-state index contributed by atoms with van der Waals surface area (Å²) in [5.74, 6) is 0.516. The second-order valence-electron chi connectivity index (χ2n) is 7.16. The molecule has 1 aliphatic rings. The van der Waals surface area contributed by atoms with Crippen molar-refractivity contribution in [3.8, 4) is 11.8 Å². The van der Waals surface area contributed by atoms with Gasteiger partial charge in [0.15, 0.2) is 0 Å². The van der Waals surface area contributed by atoms with Crippen molar-refractivity contribution in [1.29, 1.82) is 5.26 Å². The summed E-state index contributed by atoms with van der Waals surface area (Å²) in [6.45, 7) is 2.66. The lowest BCUT2D eigenvalue weighted by Gasteiger charge is -2.37. The molecule has 1 fully saturated rings. The van der Waals surface area contributed by atoms with Crippen molar-refractivity contribution in [2.24, 2.45) is 0 Å². The number of nitro benzene ring substituents is 1. The van der Waals surface area contributed by atoms with Gasteiger partial charge >= 0.3 is 0 Å². The minimum atomic E-state index is -0.882. The van der Waals surface area contributed by atoms with Crippen LogP contribution < -0.4 is 4.74 Å². The van der Waals surface area contributed by atoms with Crippen LogP contribution in [0.5, 0.6) is 5.75 Å². The molecule has 0 bridgehead atoms. The maximum atomic E-state index is 10.7. The van der Waals surface area contributed by atoms with Gasteiger partial charge in [0, 0.05) is 31.8 Å². The van der Waals surface area contributed by atoms with E-state index in [-0.39, 0.29) is 12.3 Å². The zero-order valence-electron chi connectivity index (χ0n) is 15.6. The van der Waals surface area contributed by atoms with Crippen LogP contribution in [-0.4, -0.2) is 46.8 Å². The number of likely N-dealkylation sites (tertiary alicyclic amines) is 1. The van der Waals surface area contributed by atoms with E-state index in [4.69, 9.17) is 10.00 Å². The Bertz CT molecular complexity index is 835. The summed E-state index contributed by atoms with van der Waals surface area (Å²) in [6, 6.07) is 15.6. The normalized spacial score (nSPS) is 16.3. The molecule has 28 heavy (non-hydrogen) atoms. The fourth-order valence-corrected chi connectivity index (χ4v) is 3.25. The van der Waals surface area contributed by atoms with E-state index in [0.29, 0.717) is 24.2 Å². The van der Waals surface area contributed by atoms with Crippen LogP contribution in [0.4, 0.5) is 5.69 Å². The first-order valence-electron chi connectivity index (χ1n) is 9.28. The third kappa shape index (κ3) is 5.28. The molecule has 0 radical (unpaired) electrons. The van der Waals surface area contributed by atoms with Crippen LogP contribution in [0.1, 0.15) is 24.0 Å². The Morgan fingerprint density at radius 1 is 1.14 bits per heavy atom. The van der Waals surface area contributed by atoms with Gasteiger partial charge in [0.25, 0.3) is 5.69 Å². The molecular formula is C21H23N3O4. The van der Waals surface area contributed by atoms with Crippen molar-refractivity contribution in [3.05, 3.63) is 69.8 Å². The van der Waals surface area contributed by atoms with Crippen molar-refractivity contribution in [3.63, 3.8) is 0 Å². The molecule has 146 valence electrons. The summed E-state index contributed by atoms with van der Waals surface area (Å²) < 4.78 is 5.65. The molecule has 7 nitrogen and oxygen atoms in total. The molecule has 0 amide bonds. The van der Waals surface area contributed by atoms with Gasteiger partial charge in [0.1, 0.15) is 18.0 Å². The van der Waals surface area contributed by atoms with E-state index in [0.717, 1.165) is 26.1 Å². The van der Waals surface area contributed by atoms with Gasteiger partial charge in [0.2, 0.25) is 0 Å². The SMILES string of the molecule is N#Cc1ccc(CCN2CCC(O)(COc3ccc([N+](=O)[O-])cc3)CC2)cc1. The predicted octanol–water partition coefficient (Wildman–Crippen LogP) is 2.91. The molecule has 1 N–H and O–H groups in total. The van der Waals surface area contributed by atoms with Crippen molar-refractivity contribution >= 4 is 5.69 Å². The highest BCUT2D eigenvalue weighted by molar-refractivity contribution is 5.36. The summed E-state index contributed by atoms with van der Waals surface area (Å²) in [5, 5.41) is 30.3. The number of ether oxygens (including phenoxy) is 1. The summed E-state index contributed by atoms with van der Waals surface area (Å²) in [6.07, 6.45) is 2.14. The van der Waals surface area contributed by atoms with Crippen LogP contribution in [0, 0.1) is 21.4 Å². The molecule has 0 saturated carbocycles. The van der Waals surface area contributed by atoms with E-state index >= 15 is 0 Å². The Hall–Kier alpha value is -2.95. The number of nitrogens with zero attached hydrogens (tertiary/aromatic N) is 3. The molecule has 0 spiro atoms. The number of nitro groups is 1. The van der Waals surface area contributed by atoms with Gasteiger partial charge in [-0.15, -0.1) is 0 Å². The van der Waals surface area contributed by atoms with Gasteiger partial charge < -0.3 is 14.7 Å². The number of hydrogen-bond donors (Lipinski definition) is 1. The van der Waals surface area contributed by atoms with Gasteiger partial charge in [-0.25, -0.2) is 0 Å². The number of rotatable bonds is 7. The molecular weight excluding hydrogens is 358 g/mol. The fourth-order valence-electron chi connectivity index (χ4n) is 3.25. The van der Waals surface area contributed by atoms with Crippen LogP contribution in [0.3, 0.4) is 0 Å². The molecule has 2 aromatic carbocycles. The fraction of sp³-hybridized carbons (Fsp3) is 0.381. The second-order valence-corrected chi connectivity index (χ2v) is 7.16. The Labute approximate surface area is 163 Å². The minimum absolute atomic E-state index is 0.0154. The molecule has 1 saturated heterocycles. The maximum Gasteiger partial charge on any atom is 0.269 e. The first-order valence-corrected chi connectivity index (χ1v) is 9.28. The molecule has 0 atom stereocenters. The average Bonchev–Trinajstić information content (AvgIpc) is 2.73. The van der Waals surface area contributed by atoms with Crippen molar-refractivity contribution in [2.75, 3.05) is 26.2 Å². The topological polar surface area (TPSA) is 99.6 Å². The zero-order valence-corrected chi connectivity index (χ0v) is 15.6. The molecule has 2 aromatic rings. The monoisotopic (exact) mass is 381 g/mol. The maximum absolute atomic E-state index is 10.7. The predicted molar refractivity (Wildman–Crippen MR) is 104 cm³/mol. The molecule has 0 aromatic heterocycles. The average molecular weight is 381 g/mol. The molecule has 0 aliphatic carbocycles. The van der Waals surface area contributed by atoms with Crippen LogP contribution in [0.2, 0.25) is 0 Å². The third-order valence-electron chi connectivity index (χ3n) is 5.14. The highest BCUT2D eigenvalue weighted by Crippen LogP contribution is 2.25. The quantitative estimate of drug-likeness (QED) is 0.585. The first-order chi connectivity index (χ1) is 13.5. The van der Waals surface area contributed by atoms with E-state index in [1.165, 1.54) is 17.7 Å². The number of nitriles is 1. The second kappa shape index (κ2) is 8.83. The zero-order chi connectivity index (χ0) is 20.0. The van der Waals surface area contributed by atoms with E-state index in [1.54, 1.807) is 12.1 Å². The Kier molecular flexibility index (Phi) is 6.24. The van der Waals surface area contributed by atoms with Gasteiger partial charge in [0.05, 0.1) is 16.6 Å².